The molecule has 0 aromatic rings. The lowest BCUT2D eigenvalue weighted by Crippen LogP contribution is -1.82. The van der Waals surface area contributed by atoms with Crippen LogP contribution < -0.4 is 0 Å². The molecule has 0 spiro atoms. The van der Waals surface area contributed by atoms with Gasteiger partial charge in [-0.25, -0.2) is 0 Å². The predicted molar refractivity (Wildman–Crippen MR) is 150 cm³/mol. The lowest BCUT2D eigenvalue weighted by Gasteiger charge is -2.02. The Hall–Kier alpha value is -0.780. The van der Waals surface area contributed by atoms with Crippen LogP contribution in [0.15, 0.2) is 36.5 Å². The summed E-state index contributed by atoms with van der Waals surface area (Å²) >= 11 is 0. The maximum atomic E-state index is 2.42. The highest BCUT2D eigenvalue weighted by molar-refractivity contribution is 5.02. The normalized spacial score (nSPS) is 12.2. The van der Waals surface area contributed by atoms with E-state index in [-0.39, 0.29) is 0 Å². The third-order valence-corrected chi connectivity index (χ3v) is 6.49. The Morgan fingerprint density at radius 3 is 0.875 bits per heavy atom. The van der Waals surface area contributed by atoms with Crippen LogP contribution in [0.25, 0.3) is 0 Å². The van der Waals surface area contributed by atoms with E-state index >= 15 is 0 Å². The molecule has 0 aliphatic carbocycles. The minimum absolute atomic E-state index is 1.26. The van der Waals surface area contributed by atoms with Crippen molar-refractivity contribution >= 4 is 0 Å². The predicted octanol–water partition coefficient (Wildman–Crippen LogP) is 12.1. The van der Waals surface area contributed by atoms with Gasteiger partial charge in [0.15, 0.2) is 0 Å². The van der Waals surface area contributed by atoms with Gasteiger partial charge in [0.05, 0.1) is 0 Å². The van der Waals surface area contributed by atoms with Crippen LogP contribution in [0.5, 0.6) is 0 Å². The van der Waals surface area contributed by atoms with Crippen molar-refractivity contribution < 1.29 is 0 Å². The molecular weight excluding hydrogens is 384 g/mol. The molecule has 188 valence electrons. The van der Waals surface area contributed by atoms with Gasteiger partial charge in [0.25, 0.3) is 0 Å². The van der Waals surface area contributed by atoms with Crippen molar-refractivity contribution in [3.8, 4) is 0 Å². The second-order valence-electron chi connectivity index (χ2n) is 9.85. The van der Waals surface area contributed by atoms with Gasteiger partial charge in [0.2, 0.25) is 0 Å². The Labute approximate surface area is 204 Å². The molecule has 0 amide bonds. The first kappa shape index (κ1) is 31.2. The quantitative estimate of drug-likeness (QED) is 0.0706. The largest absolute Gasteiger partial charge is 0.0885 e. The van der Waals surface area contributed by atoms with Crippen LogP contribution in [0.3, 0.4) is 0 Å². The van der Waals surface area contributed by atoms with Crippen molar-refractivity contribution in [2.24, 2.45) is 0 Å². The van der Waals surface area contributed by atoms with Crippen molar-refractivity contribution in [3.63, 3.8) is 0 Å². The number of rotatable bonds is 26. The summed E-state index contributed by atoms with van der Waals surface area (Å²) in [5, 5.41) is 0. The molecule has 0 heterocycles. The number of hydrogen-bond acceptors (Lipinski definition) is 0. The fourth-order valence-corrected chi connectivity index (χ4v) is 4.26. The summed E-state index contributed by atoms with van der Waals surface area (Å²) < 4.78 is 0. The highest BCUT2D eigenvalue weighted by Gasteiger charge is 1.93. The highest BCUT2D eigenvalue weighted by atomic mass is 14.0. The van der Waals surface area contributed by atoms with Crippen LogP contribution >= 0.6 is 0 Å². The van der Waals surface area contributed by atoms with Gasteiger partial charge in [0, 0.05) is 0 Å². The molecule has 0 saturated heterocycles. The second-order valence-corrected chi connectivity index (χ2v) is 9.85. The number of allylic oxidation sites excluding steroid dienone is 6. The molecule has 0 nitrogen and oxygen atoms in total. The molecule has 0 unspecified atom stereocenters. The average molecular weight is 445 g/mol. The van der Waals surface area contributed by atoms with E-state index in [9.17, 15) is 0 Å². The molecule has 0 aromatic heterocycles. The third-order valence-electron chi connectivity index (χ3n) is 6.49. The molecule has 0 radical (unpaired) electrons. The molecule has 0 fully saturated rings. The Morgan fingerprint density at radius 2 is 0.531 bits per heavy atom. The molecule has 0 heteroatoms. The van der Waals surface area contributed by atoms with Crippen molar-refractivity contribution in [1.29, 1.82) is 0 Å². The first-order valence-corrected chi connectivity index (χ1v) is 14.9. The molecule has 0 rings (SSSR count). The summed E-state index contributed by atoms with van der Waals surface area (Å²) in [6.07, 6.45) is 47.4. The molecule has 0 bridgehead atoms. The lowest BCUT2D eigenvalue weighted by atomic mass is 10.0. The van der Waals surface area contributed by atoms with Crippen LogP contribution in [0.4, 0.5) is 0 Å². The summed E-state index contributed by atoms with van der Waals surface area (Å²) in [5.41, 5.74) is 0. The Bertz CT molecular complexity index is 400. The van der Waals surface area contributed by atoms with Gasteiger partial charge in [-0.15, -0.1) is 0 Å². The second kappa shape index (κ2) is 30.2. The number of hydrogen-bond donors (Lipinski definition) is 0. The topological polar surface area (TPSA) is 0 Å². The van der Waals surface area contributed by atoms with Crippen LogP contribution in [0.2, 0.25) is 0 Å². The molecule has 0 saturated carbocycles. The fourth-order valence-electron chi connectivity index (χ4n) is 4.26. The maximum absolute atomic E-state index is 2.42. The van der Waals surface area contributed by atoms with E-state index < -0.39 is 0 Å². The molecule has 0 aliphatic heterocycles. The Balaban J connectivity index is 3.16. The van der Waals surface area contributed by atoms with E-state index in [1.807, 2.05) is 0 Å². The first-order chi connectivity index (χ1) is 15.9. The summed E-state index contributed by atoms with van der Waals surface area (Å²) in [5.74, 6) is 0. The van der Waals surface area contributed by atoms with Crippen LogP contribution in [-0.4, -0.2) is 0 Å². The van der Waals surface area contributed by atoms with Gasteiger partial charge in [0.1, 0.15) is 0 Å². The van der Waals surface area contributed by atoms with Crippen molar-refractivity contribution in [2.75, 3.05) is 0 Å². The van der Waals surface area contributed by atoms with Crippen LogP contribution in [-0.2, 0) is 0 Å². The van der Waals surface area contributed by atoms with Gasteiger partial charge in [-0.05, 0) is 51.4 Å². The van der Waals surface area contributed by atoms with E-state index in [0.717, 1.165) is 0 Å². The van der Waals surface area contributed by atoms with E-state index in [1.165, 1.54) is 154 Å². The van der Waals surface area contributed by atoms with Crippen molar-refractivity contribution in [2.45, 2.75) is 168 Å². The van der Waals surface area contributed by atoms with Crippen LogP contribution in [0.1, 0.15) is 168 Å². The first-order valence-electron chi connectivity index (χ1n) is 14.9. The maximum Gasteiger partial charge on any atom is -0.0348 e. The molecule has 0 N–H and O–H groups in total. The Kier molecular flexibility index (Phi) is 29.5. The van der Waals surface area contributed by atoms with Crippen molar-refractivity contribution in [1.82, 2.24) is 0 Å². The molecule has 32 heavy (non-hydrogen) atoms. The van der Waals surface area contributed by atoms with E-state index in [4.69, 9.17) is 0 Å². The zero-order valence-corrected chi connectivity index (χ0v) is 22.4. The summed E-state index contributed by atoms with van der Waals surface area (Å²) in [4.78, 5) is 0. The minimum atomic E-state index is 1.26. The van der Waals surface area contributed by atoms with Gasteiger partial charge in [-0.3, -0.25) is 0 Å². The van der Waals surface area contributed by atoms with Crippen molar-refractivity contribution in [3.05, 3.63) is 36.5 Å². The monoisotopic (exact) mass is 444 g/mol. The van der Waals surface area contributed by atoms with Gasteiger partial charge in [-0.1, -0.05) is 153 Å². The Morgan fingerprint density at radius 1 is 0.281 bits per heavy atom. The van der Waals surface area contributed by atoms with E-state index in [2.05, 4.69) is 50.3 Å². The molecular formula is C32H60. The van der Waals surface area contributed by atoms with E-state index in [0.29, 0.717) is 0 Å². The summed E-state index contributed by atoms with van der Waals surface area (Å²) in [6.45, 7) is 4.57. The zero-order valence-electron chi connectivity index (χ0n) is 22.4. The van der Waals surface area contributed by atoms with Gasteiger partial charge >= 0.3 is 0 Å². The molecule has 0 aliphatic rings. The summed E-state index contributed by atoms with van der Waals surface area (Å²) in [7, 11) is 0. The smallest absolute Gasteiger partial charge is 0.0348 e. The third kappa shape index (κ3) is 29.2. The standard InChI is InChI=1S/C32H60/c1-3-5-7-9-11-13-15-17-19-21-23-25-27-29-31-32-30-28-26-24-22-20-18-16-14-12-10-8-6-4-2/h13,15,18,20,22,24H,3-12,14,16-17,19,21,23,25-32H2,1-2H3. The summed E-state index contributed by atoms with van der Waals surface area (Å²) in [6, 6.07) is 0. The number of unbranched alkanes of at least 4 members (excludes halogenated alkanes) is 21. The average Bonchev–Trinajstić information content (AvgIpc) is 2.81. The highest BCUT2D eigenvalue weighted by Crippen LogP contribution is 2.13. The fraction of sp³-hybridized carbons (Fsp3) is 0.812. The van der Waals surface area contributed by atoms with Gasteiger partial charge in [-0.2, -0.15) is 0 Å². The molecule has 0 atom stereocenters. The SMILES string of the molecule is CCCCCCC=CCCCCCCCCCCCCC=CC=CCCCCCCCC. The molecule has 0 aromatic carbocycles. The van der Waals surface area contributed by atoms with Gasteiger partial charge < -0.3 is 0 Å². The minimum Gasteiger partial charge on any atom is -0.0885 e. The van der Waals surface area contributed by atoms with Crippen LogP contribution in [0, 0.1) is 0 Å². The lowest BCUT2D eigenvalue weighted by molar-refractivity contribution is 0.553. The van der Waals surface area contributed by atoms with E-state index in [1.54, 1.807) is 0 Å². The zero-order chi connectivity index (χ0) is 23.2.